The third kappa shape index (κ3) is 2.20. The number of phenols is 1. The van der Waals surface area contributed by atoms with Crippen LogP contribution >= 0.6 is 0 Å². The van der Waals surface area contributed by atoms with Crippen molar-refractivity contribution in [3.05, 3.63) is 28.3 Å². The van der Waals surface area contributed by atoms with E-state index in [9.17, 15) is 24.9 Å². The predicted octanol–water partition coefficient (Wildman–Crippen LogP) is 0.991. The van der Waals surface area contributed by atoms with E-state index in [2.05, 4.69) is 0 Å². The monoisotopic (exact) mass is 334 g/mol. The lowest BCUT2D eigenvalue weighted by Gasteiger charge is -2.36. The highest BCUT2D eigenvalue weighted by molar-refractivity contribution is 6.29. The van der Waals surface area contributed by atoms with Crippen LogP contribution in [0.25, 0.3) is 0 Å². The molecule has 0 saturated carbocycles. The smallest absolute Gasteiger partial charge is 0.196 e. The fourth-order valence-corrected chi connectivity index (χ4v) is 3.47. The van der Waals surface area contributed by atoms with Crippen molar-refractivity contribution < 1.29 is 34.4 Å². The molecule has 0 radical (unpaired) electrons. The van der Waals surface area contributed by atoms with Gasteiger partial charge in [0, 0.05) is 30.1 Å². The molecule has 3 N–H and O–H groups in total. The molecule has 2 aliphatic carbocycles. The summed E-state index contributed by atoms with van der Waals surface area (Å²) in [5, 5.41) is 30.7. The molecule has 0 heterocycles. The fourth-order valence-electron chi connectivity index (χ4n) is 3.47. The van der Waals surface area contributed by atoms with E-state index >= 15 is 0 Å². The molecule has 1 aromatic rings. The summed E-state index contributed by atoms with van der Waals surface area (Å²) in [5.41, 5.74) is -1.65. The number of hydrogen-bond acceptors (Lipinski definition) is 7. The number of phenolic OH excluding ortho intramolecular Hbond substituents is 1. The van der Waals surface area contributed by atoms with Crippen LogP contribution in [0, 0.1) is 0 Å². The van der Waals surface area contributed by atoms with E-state index in [4.69, 9.17) is 9.47 Å². The lowest BCUT2D eigenvalue weighted by atomic mass is 9.71. The summed E-state index contributed by atoms with van der Waals surface area (Å²) >= 11 is 0. The van der Waals surface area contributed by atoms with Crippen molar-refractivity contribution in [3.8, 4) is 17.2 Å². The summed E-state index contributed by atoms with van der Waals surface area (Å²) in [7, 11) is 2.67. The average molecular weight is 334 g/mol. The standard InChI is InChI=1S/C17H18O7/c1-17(22)5-7-11(9(19)6-17)15(21)12-8(18)4-10(23-2)16(24-3)13(12)14(7)20/h4,9,18-19,22H,5-6H2,1-3H3/t9-,17+/m0/s1. The zero-order chi connectivity index (χ0) is 17.8. The molecule has 0 amide bonds. The summed E-state index contributed by atoms with van der Waals surface area (Å²) in [6, 6.07) is 1.19. The van der Waals surface area contributed by atoms with Gasteiger partial charge in [-0.15, -0.1) is 0 Å². The number of fused-ring (bicyclic) bond motifs is 1. The number of aliphatic hydroxyl groups is 2. The van der Waals surface area contributed by atoms with Crippen LogP contribution in [-0.2, 0) is 0 Å². The summed E-state index contributed by atoms with van der Waals surface area (Å²) < 4.78 is 10.3. The van der Waals surface area contributed by atoms with Gasteiger partial charge in [0.05, 0.1) is 37.1 Å². The molecule has 0 aliphatic heterocycles. The lowest BCUT2D eigenvalue weighted by molar-refractivity contribution is 0.00374. The Hall–Kier alpha value is -2.38. The molecule has 24 heavy (non-hydrogen) atoms. The van der Waals surface area contributed by atoms with Crippen molar-refractivity contribution in [3.63, 3.8) is 0 Å². The number of aliphatic hydroxyl groups excluding tert-OH is 1. The van der Waals surface area contributed by atoms with E-state index in [-0.39, 0.29) is 46.6 Å². The number of aromatic hydroxyl groups is 1. The maximum atomic E-state index is 13.0. The molecule has 0 bridgehead atoms. The van der Waals surface area contributed by atoms with E-state index < -0.39 is 29.0 Å². The molecule has 2 aliphatic rings. The van der Waals surface area contributed by atoms with Gasteiger partial charge in [-0.25, -0.2) is 0 Å². The quantitative estimate of drug-likeness (QED) is 0.739. The Morgan fingerprint density at radius 1 is 1.17 bits per heavy atom. The Labute approximate surface area is 138 Å². The van der Waals surface area contributed by atoms with Crippen molar-refractivity contribution in [2.45, 2.75) is 31.5 Å². The molecular formula is C17H18O7. The Morgan fingerprint density at radius 3 is 2.42 bits per heavy atom. The van der Waals surface area contributed by atoms with E-state index in [1.807, 2.05) is 0 Å². The second-order valence-electron chi connectivity index (χ2n) is 6.33. The van der Waals surface area contributed by atoms with Gasteiger partial charge in [-0.05, 0) is 6.92 Å². The normalized spacial score (nSPS) is 26.1. The Morgan fingerprint density at radius 2 is 1.83 bits per heavy atom. The van der Waals surface area contributed by atoms with Gasteiger partial charge >= 0.3 is 0 Å². The summed E-state index contributed by atoms with van der Waals surface area (Å²) in [5.74, 6) is -1.47. The van der Waals surface area contributed by atoms with Gasteiger partial charge in [-0.3, -0.25) is 9.59 Å². The molecule has 0 aromatic heterocycles. The van der Waals surface area contributed by atoms with E-state index in [0.717, 1.165) is 0 Å². The number of rotatable bonds is 2. The number of Topliss-reactive ketones (excluding diaryl/α,β-unsaturated/α-hetero) is 2. The molecule has 0 spiro atoms. The van der Waals surface area contributed by atoms with Gasteiger partial charge in [-0.1, -0.05) is 0 Å². The molecule has 128 valence electrons. The van der Waals surface area contributed by atoms with Crippen LogP contribution in [0.2, 0.25) is 0 Å². The molecule has 0 fully saturated rings. The molecule has 0 saturated heterocycles. The van der Waals surface area contributed by atoms with E-state index in [0.29, 0.717) is 0 Å². The maximum absolute atomic E-state index is 13.0. The van der Waals surface area contributed by atoms with Gasteiger partial charge in [0.1, 0.15) is 5.75 Å². The zero-order valence-corrected chi connectivity index (χ0v) is 13.5. The highest BCUT2D eigenvalue weighted by Crippen LogP contribution is 2.47. The Kier molecular flexibility index (Phi) is 3.65. The highest BCUT2D eigenvalue weighted by atomic mass is 16.5. The average Bonchev–Trinajstić information content (AvgIpc) is 2.49. The third-order valence-corrected chi connectivity index (χ3v) is 4.47. The van der Waals surface area contributed by atoms with E-state index in [1.54, 1.807) is 0 Å². The first-order chi connectivity index (χ1) is 11.2. The Balaban J connectivity index is 2.30. The highest BCUT2D eigenvalue weighted by Gasteiger charge is 2.46. The Bertz CT molecular complexity index is 789. The number of carbonyl (C=O) groups excluding carboxylic acids is 2. The zero-order valence-electron chi connectivity index (χ0n) is 13.5. The second kappa shape index (κ2) is 5.32. The summed E-state index contributed by atoms with van der Waals surface area (Å²) in [6.45, 7) is 1.49. The third-order valence-electron chi connectivity index (χ3n) is 4.47. The van der Waals surface area contributed by atoms with Crippen LogP contribution in [0.15, 0.2) is 17.2 Å². The molecule has 2 atom stereocenters. The molecule has 7 nitrogen and oxygen atoms in total. The molecule has 0 unspecified atom stereocenters. The molecule has 7 heteroatoms. The van der Waals surface area contributed by atoms with Crippen LogP contribution in [0.1, 0.15) is 40.5 Å². The molecule has 1 aromatic carbocycles. The first-order valence-electron chi connectivity index (χ1n) is 7.42. The first kappa shape index (κ1) is 16.5. The molecule has 3 rings (SSSR count). The predicted molar refractivity (Wildman–Crippen MR) is 82.8 cm³/mol. The largest absolute Gasteiger partial charge is 0.507 e. The van der Waals surface area contributed by atoms with Crippen molar-refractivity contribution in [2.75, 3.05) is 14.2 Å². The minimum absolute atomic E-state index is 0.0370. The van der Waals surface area contributed by atoms with Crippen LogP contribution in [0.5, 0.6) is 17.2 Å². The number of ether oxygens (including phenoxy) is 2. The van der Waals surface area contributed by atoms with Gasteiger partial charge in [-0.2, -0.15) is 0 Å². The second-order valence-corrected chi connectivity index (χ2v) is 6.33. The minimum atomic E-state index is -1.31. The summed E-state index contributed by atoms with van der Waals surface area (Å²) in [6.07, 6.45) is -1.40. The molecular weight excluding hydrogens is 316 g/mol. The van der Waals surface area contributed by atoms with Gasteiger partial charge < -0.3 is 24.8 Å². The summed E-state index contributed by atoms with van der Waals surface area (Å²) in [4.78, 5) is 25.7. The first-order valence-corrected chi connectivity index (χ1v) is 7.42. The van der Waals surface area contributed by atoms with Crippen molar-refractivity contribution in [1.29, 1.82) is 0 Å². The number of ketones is 2. The van der Waals surface area contributed by atoms with Crippen LogP contribution in [0.3, 0.4) is 0 Å². The number of benzene rings is 1. The number of methoxy groups -OCH3 is 2. The van der Waals surface area contributed by atoms with Gasteiger partial charge in [0.15, 0.2) is 23.1 Å². The fraction of sp³-hybridized carbons (Fsp3) is 0.412. The van der Waals surface area contributed by atoms with Crippen molar-refractivity contribution in [2.24, 2.45) is 0 Å². The van der Waals surface area contributed by atoms with Crippen molar-refractivity contribution >= 4 is 11.6 Å². The van der Waals surface area contributed by atoms with Gasteiger partial charge in [0.25, 0.3) is 0 Å². The SMILES string of the molecule is COc1cc(O)c2c(c1OC)C(=O)C1=C(C2=O)[C@@H](O)C[C@](C)(O)C1. The van der Waals surface area contributed by atoms with Crippen molar-refractivity contribution in [1.82, 2.24) is 0 Å². The van der Waals surface area contributed by atoms with Crippen LogP contribution in [0.4, 0.5) is 0 Å². The van der Waals surface area contributed by atoms with Crippen LogP contribution < -0.4 is 9.47 Å². The maximum Gasteiger partial charge on any atom is 0.196 e. The lowest BCUT2D eigenvalue weighted by Crippen LogP contribution is -2.42. The van der Waals surface area contributed by atoms with Crippen LogP contribution in [-0.4, -0.2) is 52.8 Å². The van der Waals surface area contributed by atoms with Gasteiger partial charge in [0.2, 0.25) is 0 Å². The minimum Gasteiger partial charge on any atom is -0.507 e. The number of hydrogen-bond donors (Lipinski definition) is 3. The van der Waals surface area contributed by atoms with E-state index in [1.165, 1.54) is 27.2 Å². The topological polar surface area (TPSA) is 113 Å². The number of carbonyl (C=O) groups is 2.